The van der Waals surface area contributed by atoms with E-state index in [1.165, 1.54) is 17.3 Å². The predicted molar refractivity (Wildman–Crippen MR) is 112 cm³/mol. The van der Waals surface area contributed by atoms with Gasteiger partial charge in [-0.05, 0) is 23.6 Å². The number of ketones is 1. The number of hydrogen-bond donors (Lipinski definition) is 0. The van der Waals surface area contributed by atoms with Gasteiger partial charge in [0.1, 0.15) is 6.61 Å². The van der Waals surface area contributed by atoms with Gasteiger partial charge in [0, 0.05) is 12.6 Å². The van der Waals surface area contributed by atoms with E-state index in [1.54, 1.807) is 0 Å². The number of hydrogen-bond acceptors (Lipinski definition) is 6. The second-order valence-corrected chi connectivity index (χ2v) is 8.20. The zero-order valence-electron chi connectivity index (χ0n) is 16.7. The summed E-state index contributed by atoms with van der Waals surface area (Å²) in [5.41, 5.74) is 1.94. The van der Waals surface area contributed by atoms with E-state index in [2.05, 4.69) is 24.0 Å². The number of Topliss-reactive ketones (excluding diaryl/α,β-unsaturated/α-hetero) is 1. The van der Waals surface area contributed by atoms with Gasteiger partial charge in [-0.15, -0.1) is 10.2 Å². The Morgan fingerprint density at radius 2 is 1.86 bits per heavy atom. The molecule has 2 heterocycles. The summed E-state index contributed by atoms with van der Waals surface area (Å²) in [5, 5.41) is 9.18. The summed E-state index contributed by atoms with van der Waals surface area (Å²) in [4.78, 5) is 12.5. The molecule has 29 heavy (non-hydrogen) atoms. The van der Waals surface area contributed by atoms with E-state index in [-0.39, 0.29) is 11.9 Å². The normalized spacial score (nSPS) is 15.5. The second kappa shape index (κ2) is 8.29. The van der Waals surface area contributed by atoms with E-state index in [1.807, 2.05) is 60.1 Å². The van der Waals surface area contributed by atoms with E-state index < -0.39 is 0 Å². The maximum Gasteiger partial charge on any atom is 0.192 e. The van der Waals surface area contributed by atoms with E-state index in [0.29, 0.717) is 40.6 Å². The third kappa shape index (κ3) is 4.15. The number of rotatable bonds is 6. The molecule has 3 aromatic rings. The lowest BCUT2D eigenvalue weighted by molar-refractivity contribution is 0.0825. The average molecular weight is 410 g/mol. The molecule has 0 N–H and O–H groups in total. The fourth-order valence-corrected chi connectivity index (χ4v) is 3.96. The topological polar surface area (TPSA) is 66.2 Å². The van der Waals surface area contributed by atoms with Crippen LogP contribution in [0.1, 0.15) is 47.6 Å². The Morgan fingerprint density at radius 3 is 2.59 bits per heavy atom. The third-order valence-electron chi connectivity index (χ3n) is 4.90. The van der Waals surface area contributed by atoms with Gasteiger partial charge in [0.15, 0.2) is 34.4 Å². The summed E-state index contributed by atoms with van der Waals surface area (Å²) < 4.78 is 13.6. The monoisotopic (exact) mass is 409 g/mol. The van der Waals surface area contributed by atoms with Crippen LogP contribution >= 0.6 is 11.8 Å². The van der Waals surface area contributed by atoms with Crippen LogP contribution in [0.2, 0.25) is 0 Å². The molecule has 0 saturated heterocycles. The van der Waals surface area contributed by atoms with Crippen LogP contribution in [0.25, 0.3) is 0 Å². The highest BCUT2D eigenvalue weighted by atomic mass is 32.2. The number of nitrogens with zero attached hydrogens (tertiary/aromatic N) is 3. The Hall–Kier alpha value is -2.80. The SMILES string of the molecule is CC(C)c1ccc(C(=O)CSc2nnc(C3COc4ccccc4O3)n2C)cc1. The minimum atomic E-state index is -0.337. The molecule has 150 valence electrons. The molecule has 2 aromatic carbocycles. The van der Waals surface area contributed by atoms with Crippen LogP contribution in [-0.4, -0.2) is 32.9 Å². The lowest BCUT2D eigenvalue weighted by atomic mass is 10.0. The number of fused-ring (bicyclic) bond motifs is 1. The maximum atomic E-state index is 12.5. The van der Waals surface area contributed by atoms with Gasteiger partial charge in [0.25, 0.3) is 0 Å². The van der Waals surface area contributed by atoms with Crippen LogP contribution in [0.15, 0.2) is 53.7 Å². The van der Waals surface area contributed by atoms with Gasteiger partial charge in [-0.25, -0.2) is 0 Å². The molecule has 7 heteroatoms. The third-order valence-corrected chi connectivity index (χ3v) is 5.92. The number of aromatic nitrogens is 3. The first-order valence-electron chi connectivity index (χ1n) is 9.56. The first-order valence-corrected chi connectivity index (χ1v) is 10.5. The molecular formula is C22H23N3O3S. The number of thioether (sulfide) groups is 1. The maximum absolute atomic E-state index is 12.5. The first kappa shape index (κ1) is 19.5. The molecule has 0 fully saturated rings. The molecule has 0 saturated carbocycles. The van der Waals surface area contributed by atoms with Crippen LogP contribution < -0.4 is 9.47 Å². The van der Waals surface area contributed by atoms with Crippen molar-refractivity contribution >= 4 is 17.5 Å². The van der Waals surface area contributed by atoms with Gasteiger partial charge in [-0.2, -0.15) is 0 Å². The molecule has 1 aliphatic heterocycles. The standard InChI is InChI=1S/C22H23N3O3S/c1-14(2)15-8-10-16(11-9-15)17(26)13-29-22-24-23-21(25(22)3)20-12-27-18-6-4-5-7-19(18)28-20/h4-11,14,20H,12-13H2,1-3H3. The van der Waals surface area contributed by atoms with Crippen molar-refractivity contribution in [3.05, 3.63) is 65.5 Å². The van der Waals surface area contributed by atoms with E-state index in [4.69, 9.17) is 9.47 Å². The molecule has 1 aromatic heterocycles. The number of para-hydroxylation sites is 2. The summed E-state index contributed by atoms with van der Waals surface area (Å²) in [6.45, 7) is 4.64. The average Bonchev–Trinajstić information content (AvgIpc) is 3.12. The minimum Gasteiger partial charge on any atom is -0.485 e. The summed E-state index contributed by atoms with van der Waals surface area (Å²) in [7, 11) is 1.88. The van der Waals surface area contributed by atoms with Gasteiger partial charge in [-0.3, -0.25) is 4.79 Å². The zero-order valence-corrected chi connectivity index (χ0v) is 17.5. The fraction of sp³-hybridized carbons (Fsp3) is 0.318. The summed E-state index contributed by atoms with van der Waals surface area (Å²) in [5.74, 6) is 2.92. The molecule has 1 atom stereocenters. The van der Waals surface area contributed by atoms with Crippen LogP contribution in [0.3, 0.4) is 0 Å². The van der Waals surface area contributed by atoms with Gasteiger partial charge < -0.3 is 14.0 Å². The van der Waals surface area contributed by atoms with Crippen LogP contribution in [-0.2, 0) is 7.05 Å². The number of ether oxygens (including phenoxy) is 2. The number of carbonyl (C=O) groups is 1. The van der Waals surface area contributed by atoms with Crippen LogP contribution in [0.5, 0.6) is 11.5 Å². The highest BCUT2D eigenvalue weighted by Gasteiger charge is 2.27. The molecule has 6 nitrogen and oxygen atoms in total. The lowest BCUT2D eigenvalue weighted by Crippen LogP contribution is -2.24. The molecule has 0 aliphatic carbocycles. The highest BCUT2D eigenvalue weighted by Crippen LogP contribution is 2.35. The molecule has 1 unspecified atom stereocenters. The zero-order chi connectivity index (χ0) is 20.4. The Labute approximate surface area is 174 Å². The highest BCUT2D eigenvalue weighted by molar-refractivity contribution is 7.99. The molecule has 1 aliphatic rings. The quantitative estimate of drug-likeness (QED) is 0.443. The molecule has 0 bridgehead atoms. The van der Waals surface area contributed by atoms with Gasteiger partial charge in [0.05, 0.1) is 5.75 Å². The van der Waals surface area contributed by atoms with Crippen molar-refractivity contribution < 1.29 is 14.3 Å². The number of benzene rings is 2. The van der Waals surface area contributed by atoms with Crippen molar-refractivity contribution in [3.8, 4) is 11.5 Å². The summed E-state index contributed by atoms with van der Waals surface area (Å²) >= 11 is 1.37. The van der Waals surface area contributed by atoms with Crippen molar-refractivity contribution in [2.75, 3.05) is 12.4 Å². The smallest absolute Gasteiger partial charge is 0.192 e. The largest absolute Gasteiger partial charge is 0.485 e. The van der Waals surface area contributed by atoms with Crippen molar-refractivity contribution in [1.82, 2.24) is 14.8 Å². The van der Waals surface area contributed by atoms with Gasteiger partial charge in [0.2, 0.25) is 0 Å². The van der Waals surface area contributed by atoms with Crippen molar-refractivity contribution in [2.45, 2.75) is 31.0 Å². The molecule has 0 spiro atoms. The first-order chi connectivity index (χ1) is 14.0. The summed E-state index contributed by atoms with van der Waals surface area (Å²) in [6, 6.07) is 15.4. The van der Waals surface area contributed by atoms with E-state index in [9.17, 15) is 4.79 Å². The predicted octanol–water partition coefficient (Wildman–Crippen LogP) is 4.43. The van der Waals surface area contributed by atoms with Crippen molar-refractivity contribution in [2.24, 2.45) is 7.05 Å². The minimum absolute atomic E-state index is 0.0704. The van der Waals surface area contributed by atoms with Gasteiger partial charge >= 0.3 is 0 Å². The Balaban J connectivity index is 1.41. The van der Waals surface area contributed by atoms with Crippen molar-refractivity contribution in [3.63, 3.8) is 0 Å². The second-order valence-electron chi connectivity index (χ2n) is 7.25. The van der Waals surface area contributed by atoms with Crippen molar-refractivity contribution in [1.29, 1.82) is 0 Å². The van der Waals surface area contributed by atoms with Gasteiger partial charge in [-0.1, -0.05) is 62.0 Å². The van der Waals surface area contributed by atoms with E-state index in [0.717, 1.165) is 5.75 Å². The Kier molecular flexibility index (Phi) is 5.58. The molecule has 0 radical (unpaired) electrons. The molecule has 4 rings (SSSR count). The molecular weight excluding hydrogens is 386 g/mol. The summed E-state index contributed by atoms with van der Waals surface area (Å²) in [6.07, 6.45) is -0.337. The van der Waals surface area contributed by atoms with Crippen LogP contribution in [0.4, 0.5) is 0 Å². The lowest BCUT2D eigenvalue weighted by Gasteiger charge is -2.25. The number of carbonyl (C=O) groups excluding carboxylic acids is 1. The Morgan fingerprint density at radius 1 is 1.14 bits per heavy atom. The van der Waals surface area contributed by atoms with Crippen LogP contribution in [0, 0.1) is 0 Å². The van der Waals surface area contributed by atoms with E-state index >= 15 is 0 Å². The molecule has 0 amide bonds. The Bertz CT molecular complexity index is 1010. The fourth-order valence-electron chi connectivity index (χ4n) is 3.15.